The fourth-order valence-corrected chi connectivity index (χ4v) is 3.18. The van der Waals surface area contributed by atoms with Gasteiger partial charge in [-0.05, 0) is 35.3 Å². The third-order valence-electron chi connectivity index (χ3n) is 2.62. The van der Waals surface area contributed by atoms with E-state index in [4.69, 9.17) is 4.74 Å². The van der Waals surface area contributed by atoms with E-state index in [0.717, 1.165) is 43.1 Å². The molecule has 0 aliphatic carbocycles. The molecule has 0 aliphatic heterocycles. The summed E-state index contributed by atoms with van der Waals surface area (Å²) < 4.78 is 8.57. The maximum Gasteiger partial charge on any atom is 0.203 e. The maximum atomic E-state index is 5.31. The Morgan fingerprint density at radius 3 is 3.16 bits per heavy atom. The number of halogens is 1. The second-order valence-corrected chi connectivity index (χ2v) is 6.00. The van der Waals surface area contributed by atoms with E-state index in [2.05, 4.69) is 42.2 Å². The van der Waals surface area contributed by atoms with Gasteiger partial charge in [-0.15, -0.1) is 11.3 Å². The molecule has 0 spiro atoms. The van der Waals surface area contributed by atoms with Crippen LogP contribution in [0.1, 0.15) is 18.2 Å². The predicted octanol–water partition coefficient (Wildman–Crippen LogP) is 3.59. The van der Waals surface area contributed by atoms with Crippen molar-refractivity contribution in [2.45, 2.75) is 19.9 Å². The number of hydrogen-bond donors (Lipinski definition) is 1. The Hall–Kier alpha value is -0.850. The third kappa shape index (κ3) is 4.63. The molecule has 104 valence electrons. The van der Waals surface area contributed by atoms with Crippen molar-refractivity contribution in [1.82, 2.24) is 9.55 Å². The van der Waals surface area contributed by atoms with Crippen LogP contribution in [-0.2, 0) is 11.3 Å². The minimum atomic E-state index is 0.780. The molecule has 6 heteroatoms. The molecule has 0 amide bonds. The first-order chi connectivity index (χ1) is 9.29. The van der Waals surface area contributed by atoms with Gasteiger partial charge in [0.25, 0.3) is 0 Å². The summed E-state index contributed by atoms with van der Waals surface area (Å²) in [5, 5.41) is 5.44. The van der Waals surface area contributed by atoms with Crippen molar-refractivity contribution in [3.63, 3.8) is 0 Å². The van der Waals surface area contributed by atoms with Crippen molar-refractivity contribution in [3.8, 4) is 0 Å². The lowest BCUT2D eigenvalue weighted by molar-refractivity contribution is 0.147. The molecule has 0 saturated heterocycles. The molecule has 0 aromatic carbocycles. The molecule has 0 saturated carbocycles. The van der Waals surface area contributed by atoms with Gasteiger partial charge in [0.05, 0.1) is 6.54 Å². The van der Waals surface area contributed by atoms with Crippen molar-refractivity contribution >= 4 is 33.2 Å². The summed E-state index contributed by atoms with van der Waals surface area (Å²) in [7, 11) is 0. The summed E-state index contributed by atoms with van der Waals surface area (Å²) in [6.07, 6.45) is 4.82. The van der Waals surface area contributed by atoms with Crippen LogP contribution in [-0.4, -0.2) is 29.3 Å². The Balaban J connectivity index is 1.83. The first-order valence-electron chi connectivity index (χ1n) is 6.35. The monoisotopic (exact) mass is 343 g/mol. The second kappa shape index (κ2) is 7.67. The van der Waals surface area contributed by atoms with Gasteiger partial charge in [0, 0.05) is 46.9 Å². The summed E-state index contributed by atoms with van der Waals surface area (Å²) >= 11 is 5.22. The number of nitrogens with one attached hydrogen (secondary N) is 1. The molecular formula is C13H18BrN3OS. The zero-order chi connectivity index (χ0) is 13.5. The van der Waals surface area contributed by atoms with E-state index in [0.29, 0.717) is 0 Å². The Morgan fingerprint density at radius 1 is 1.53 bits per heavy atom. The summed E-state index contributed by atoms with van der Waals surface area (Å²) in [6, 6.07) is 2.14. The first kappa shape index (κ1) is 14.6. The van der Waals surface area contributed by atoms with Crippen LogP contribution in [0.25, 0.3) is 0 Å². The largest absolute Gasteiger partial charge is 0.382 e. The molecule has 2 aromatic rings. The Morgan fingerprint density at radius 2 is 2.42 bits per heavy atom. The highest BCUT2D eigenvalue weighted by molar-refractivity contribution is 9.10. The normalized spacial score (nSPS) is 10.8. The van der Waals surface area contributed by atoms with Crippen molar-refractivity contribution in [3.05, 3.63) is 33.2 Å². The van der Waals surface area contributed by atoms with E-state index >= 15 is 0 Å². The average molecular weight is 344 g/mol. The summed E-state index contributed by atoms with van der Waals surface area (Å²) in [5.41, 5.74) is 0. The van der Waals surface area contributed by atoms with E-state index in [-0.39, 0.29) is 0 Å². The van der Waals surface area contributed by atoms with Gasteiger partial charge in [-0.2, -0.15) is 0 Å². The van der Waals surface area contributed by atoms with Crippen LogP contribution >= 0.6 is 27.3 Å². The molecule has 0 unspecified atom stereocenters. The van der Waals surface area contributed by atoms with Crippen LogP contribution in [0.3, 0.4) is 0 Å². The van der Waals surface area contributed by atoms with Crippen LogP contribution in [0, 0.1) is 0 Å². The van der Waals surface area contributed by atoms with Crippen LogP contribution in [0.4, 0.5) is 5.95 Å². The van der Waals surface area contributed by atoms with Gasteiger partial charge in [-0.25, -0.2) is 4.98 Å². The maximum absolute atomic E-state index is 5.31. The van der Waals surface area contributed by atoms with Gasteiger partial charge in [0.15, 0.2) is 0 Å². The highest BCUT2D eigenvalue weighted by Gasteiger charge is 2.04. The van der Waals surface area contributed by atoms with Gasteiger partial charge >= 0.3 is 0 Å². The fraction of sp³-hybridized carbons (Fsp3) is 0.462. The molecule has 2 rings (SSSR count). The van der Waals surface area contributed by atoms with E-state index in [1.54, 1.807) is 11.3 Å². The number of nitrogens with zero attached hydrogens (tertiary/aromatic N) is 2. The van der Waals surface area contributed by atoms with Crippen molar-refractivity contribution in [2.24, 2.45) is 0 Å². The minimum absolute atomic E-state index is 0.780. The second-order valence-electron chi connectivity index (χ2n) is 4.09. The number of imidazole rings is 1. The predicted molar refractivity (Wildman–Crippen MR) is 82.9 cm³/mol. The SMILES string of the molecule is CCOCCCNc1nccn1Cc1cc(Br)cs1. The summed E-state index contributed by atoms with van der Waals surface area (Å²) in [5.74, 6) is 0.918. The van der Waals surface area contributed by atoms with Crippen LogP contribution in [0.5, 0.6) is 0 Å². The minimum Gasteiger partial charge on any atom is -0.382 e. The van der Waals surface area contributed by atoms with Gasteiger partial charge in [0.2, 0.25) is 5.95 Å². The summed E-state index contributed by atoms with van der Waals surface area (Å²) in [4.78, 5) is 5.65. The molecule has 0 radical (unpaired) electrons. The lowest BCUT2D eigenvalue weighted by Crippen LogP contribution is -2.10. The van der Waals surface area contributed by atoms with Gasteiger partial charge in [0.1, 0.15) is 0 Å². The fourth-order valence-electron chi connectivity index (χ4n) is 1.73. The van der Waals surface area contributed by atoms with E-state index in [9.17, 15) is 0 Å². The number of anilines is 1. The summed E-state index contributed by atoms with van der Waals surface area (Å²) in [6.45, 7) is 5.32. The lowest BCUT2D eigenvalue weighted by Gasteiger charge is -2.08. The number of hydrogen-bond acceptors (Lipinski definition) is 4. The molecule has 19 heavy (non-hydrogen) atoms. The molecule has 0 fully saturated rings. The number of ether oxygens (including phenoxy) is 1. The molecule has 0 bridgehead atoms. The van der Waals surface area contributed by atoms with E-state index in [1.165, 1.54) is 4.88 Å². The smallest absolute Gasteiger partial charge is 0.203 e. The van der Waals surface area contributed by atoms with Gasteiger partial charge in [-0.1, -0.05) is 0 Å². The Bertz CT molecular complexity index is 498. The zero-order valence-corrected chi connectivity index (χ0v) is 13.3. The molecule has 1 N–H and O–H groups in total. The standard InChI is InChI=1S/C13H18BrN3OS/c1-2-18-7-3-4-15-13-16-5-6-17(13)9-12-8-11(14)10-19-12/h5-6,8,10H,2-4,7,9H2,1H3,(H,15,16). The lowest BCUT2D eigenvalue weighted by atomic mass is 10.4. The quantitative estimate of drug-likeness (QED) is 0.744. The third-order valence-corrected chi connectivity index (χ3v) is 4.30. The van der Waals surface area contributed by atoms with Gasteiger partial charge in [-0.3, -0.25) is 0 Å². The molecular weight excluding hydrogens is 326 g/mol. The number of rotatable bonds is 8. The molecule has 0 atom stereocenters. The number of aromatic nitrogens is 2. The topological polar surface area (TPSA) is 39.1 Å². The Kier molecular flexibility index (Phi) is 5.88. The first-order valence-corrected chi connectivity index (χ1v) is 8.02. The van der Waals surface area contributed by atoms with Crippen LogP contribution in [0.15, 0.2) is 28.3 Å². The van der Waals surface area contributed by atoms with Crippen molar-refractivity contribution in [2.75, 3.05) is 25.1 Å². The average Bonchev–Trinajstić information content (AvgIpc) is 3.00. The van der Waals surface area contributed by atoms with Crippen molar-refractivity contribution in [1.29, 1.82) is 0 Å². The molecule has 2 heterocycles. The van der Waals surface area contributed by atoms with Crippen LogP contribution < -0.4 is 5.32 Å². The Labute approximate surface area is 125 Å². The van der Waals surface area contributed by atoms with Gasteiger partial charge < -0.3 is 14.6 Å². The van der Waals surface area contributed by atoms with Crippen LogP contribution in [0.2, 0.25) is 0 Å². The molecule has 2 aromatic heterocycles. The molecule has 4 nitrogen and oxygen atoms in total. The number of thiophene rings is 1. The molecule has 0 aliphatic rings. The van der Waals surface area contributed by atoms with Crippen molar-refractivity contribution < 1.29 is 4.74 Å². The highest BCUT2D eigenvalue weighted by Crippen LogP contribution is 2.21. The zero-order valence-electron chi connectivity index (χ0n) is 10.9. The highest BCUT2D eigenvalue weighted by atomic mass is 79.9. The van der Waals surface area contributed by atoms with E-state index in [1.807, 2.05) is 19.3 Å². The van der Waals surface area contributed by atoms with E-state index < -0.39 is 0 Å².